The number of aromatic nitrogens is 4. The molecule has 0 amide bonds. The Hall–Kier alpha value is -2.00. The molecule has 10 nitrogen and oxygen atoms in total. The number of imidazole rings is 1. The van der Waals surface area contributed by atoms with Gasteiger partial charge in [0.15, 0.2) is 11.2 Å². The van der Waals surface area contributed by atoms with Crippen molar-refractivity contribution >= 4 is 24.7 Å². The Bertz CT molecular complexity index is 860. The van der Waals surface area contributed by atoms with Crippen molar-refractivity contribution in [3.8, 4) is 5.88 Å². The van der Waals surface area contributed by atoms with Crippen molar-refractivity contribution in [1.29, 1.82) is 0 Å². The summed E-state index contributed by atoms with van der Waals surface area (Å²) in [7, 11) is -1.73. The number of ether oxygens (including phenoxy) is 2. The largest absolute Gasteiger partial charge is 0.479 e. The molecule has 0 unspecified atom stereocenters. The maximum absolute atomic E-state index is 12.5. The Labute approximate surface area is 157 Å². The maximum atomic E-state index is 12.5. The van der Waals surface area contributed by atoms with E-state index in [1.807, 2.05) is 16.7 Å². The summed E-state index contributed by atoms with van der Waals surface area (Å²) in [5.41, 5.74) is 6.89. The van der Waals surface area contributed by atoms with Crippen LogP contribution < -0.4 is 10.5 Å². The second-order valence-corrected chi connectivity index (χ2v) is 7.88. The van der Waals surface area contributed by atoms with Gasteiger partial charge in [0.25, 0.3) is 0 Å². The highest BCUT2D eigenvalue weighted by Crippen LogP contribution is 2.48. The van der Waals surface area contributed by atoms with E-state index in [4.69, 9.17) is 24.3 Å². The van der Waals surface area contributed by atoms with Crippen LogP contribution in [0.3, 0.4) is 0 Å². The lowest BCUT2D eigenvalue weighted by molar-refractivity contribution is 0.0898. The van der Waals surface area contributed by atoms with Crippen LogP contribution in [0.1, 0.15) is 26.3 Å². The molecule has 11 heteroatoms. The van der Waals surface area contributed by atoms with Crippen molar-refractivity contribution < 1.29 is 23.1 Å². The van der Waals surface area contributed by atoms with Gasteiger partial charge in [0, 0.05) is 6.42 Å². The van der Waals surface area contributed by atoms with Gasteiger partial charge in [0.05, 0.1) is 38.8 Å². The average Bonchev–Trinajstić information content (AvgIpc) is 3.26. The van der Waals surface area contributed by atoms with Gasteiger partial charge in [0.1, 0.15) is 6.35 Å². The highest BCUT2D eigenvalue weighted by Gasteiger charge is 2.29. The van der Waals surface area contributed by atoms with Gasteiger partial charge >= 0.3 is 7.60 Å². The van der Waals surface area contributed by atoms with Crippen LogP contribution in [0.5, 0.6) is 5.88 Å². The molecule has 2 atom stereocenters. The number of nitrogen functional groups attached to an aromatic ring is 1. The summed E-state index contributed by atoms with van der Waals surface area (Å²) in [6.07, 6.45) is 5.90. The molecule has 0 radical (unpaired) electrons. The molecule has 2 heterocycles. The molecule has 0 bridgehead atoms. The fraction of sp³-hybridized carbons (Fsp3) is 0.562. The topological polar surface area (TPSA) is 124 Å². The quantitative estimate of drug-likeness (QED) is 0.502. The Kier molecular flexibility index (Phi) is 6.11. The summed E-state index contributed by atoms with van der Waals surface area (Å²) < 4.78 is 35.9. The van der Waals surface area contributed by atoms with Crippen LogP contribution in [0.25, 0.3) is 11.2 Å². The fourth-order valence-electron chi connectivity index (χ4n) is 2.96. The Morgan fingerprint density at radius 3 is 2.67 bits per heavy atom. The zero-order valence-electron chi connectivity index (χ0n) is 15.6. The predicted octanol–water partition coefficient (Wildman–Crippen LogP) is 2.53. The molecule has 27 heavy (non-hydrogen) atoms. The van der Waals surface area contributed by atoms with Crippen molar-refractivity contribution in [2.75, 3.05) is 32.4 Å². The molecule has 3 rings (SSSR count). The lowest BCUT2D eigenvalue weighted by Crippen LogP contribution is -2.14. The number of hydrogen-bond acceptors (Lipinski definition) is 9. The number of nitrogens with two attached hydrogens (primary N) is 1. The molecular weight excluding hydrogens is 373 g/mol. The SMILES string of the molecule is CCOP(=O)(CO[C@H]1C=C[C@@H](n2cnc3c(OC)nc(N)nc32)C1)OCC. The summed E-state index contributed by atoms with van der Waals surface area (Å²) in [6.45, 7) is 4.13. The smallest absolute Gasteiger partial charge is 0.356 e. The summed E-state index contributed by atoms with van der Waals surface area (Å²) in [5, 5.41) is 0. The van der Waals surface area contributed by atoms with Crippen LogP contribution in [0.15, 0.2) is 18.5 Å². The van der Waals surface area contributed by atoms with Gasteiger partial charge in [0.2, 0.25) is 11.8 Å². The van der Waals surface area contributed by atoms with Gasteiger partial charge in [-0.1, -0.05) is 12.2 Å². The molecule has 0 saturated carbocycles. The number of methoxy groups -OCH3 is 1. The molecule has 0 fully saturated rings. The normalized spacial score (nSPS) is 19.8. The summed E-state index contributed by atoms with van der Waals surface area (Å²) in [5.74, 6) is 0.450. The second-order valence-electron chi connectivity index (χ2n) is 5.88. The minimum absolute atomic E-state index is 0.0300. The molecule has 0 aromatic carbocycles. The zero-order valence-corrected chi connectivity index (χ0v) is 16.5. The van der Waals surface area contributed by atoms with Crippen LogP contribution in [0.2, 0.25) is 0 Å². The van der Waals surface area contributed by atoms with Crippen LogP contribution in [0, 0.1) is 0 Å². The molecule has 2 aromatic rings. The summed E-state index contributed by atoms with van der Waals surface area (Å²) >= 11 is 0. The summed E-state index contributed by atoms with van der Waals surface area (Å²) in [4.78, 5) is 12.6. The molecule has 0 aliphatic heterocycles. The van der Waals surface area contributed by atoms with Crippen molar-refractivity contribution in [1.82, 2.24) is 19.5 Å². The van der Waals surface area contributed by atoms with E-state index < -0.39 is 7.60 Å². The van der Waals surface area contributed by atoms with Gasteiger partial charge in [-0.2, -0.15) is 9.97 Å². The molecule has 1 aliphatic rings. The molecule has 0 saturated heterocycles. The number of allylic oxidation sites excluding steroid dienone is 1. The van der Waals surface area contributed by atoms with Crippen molar-refractivity contribution in [3.63, 3.8) is 0 Å². The van der Waals surface area contributed by atoms with Gasteiger partial charge in [-0.15, -0.1) is 0 Å². The van der Waals surface area contributed by atoms with Crippen LogP contribution >= 0.6 is 7.60 Å². The Balaban J connectivity index is 1.70. The van der Waals surface area contributed by atoms with Crippen LogP contribution in [-0.2, 0) is 18.3 Å². The van der Waals surface area contributed by atoms with Crippen molar-refractivity contribution in [2.24, 2.45) is 0 Å². The lowest BCUT2D eigenvalue weighted by Gasteiger charge is -2.20. The molecular formula is C16H24N5O5P. The van der Waals surface area contributed by atoms with Gasteiger partial charge < -0.3 is 28.8 Å². The van der Waals surface area contributed by atoms with Gasteiger partial charge in [-0.3, -0.25) is 4.57 Å². The Morgan fingerprint density at radius 2 is 2.00 bits per heavy atom. The fourth-order valence-corrected chi connectivity index (χ4v) is 4.35. The lowest BCUT2D eigenvalue weighted by atomic mass is 10.2. The molecule has 2 N–H and O–H groups in total. The number of rotatable bonds is 9. The highest BCUT2D eigenvalue weighted by atomic mass is 31.2. The third-order valence-corrected chi connectivity index (χ3v) is 5.85. The van der Waals surface area contributed by atoms with E-state index in [1.54, 1.807) is 20.2 Å². The molecule has 1 aliphatic carbocycles. The molecule has 148 valence electrons. The predicted molar refractivity (Wildman–Crippen MR) is 99.7 cm³/mol. The van der Waals surface area contributed by atoms with E-state index in [1.165, 1.54) is 7.11 Å². The Morgan fingerprint density at radius 1 is 1.26 bits per heavy atom. The minimum Gasteiger partial charge on any atom is -0.479 e. The number of hydrogen-bond donors (Lipinski definition) is 1. The third-order valence-electron chi connectivity index (χ3n) is 4.08. The number of nitrogens with zero attached hydrogens (tertiary/aromatic N) is 4. The van der Waals surface area contributed by atoms with Crippen LogP contribution in [0.4, 0.5) is 5.95 Å². The maximum Gasteiger partial charge on any atom is 0.356 e. The van der Waals surface area contributed by atoms with E-state index in [0.717, 1.165) is 0 Å². The monoisotopic (exact) mass is 397 g/mol. The van der Waals surface area contributed by atoms with Crippen molar-refractivity contribution in [3.05, 3.63) is 18.5 Å². The first-order valence-electron chi connectivity index (χ1n) is 8.71. The van der Waals surface area contributed by atoms with E-state index >= 15 is 0 Å². The number of fused-ring (bicyclic) bond motifs is 1. The molecule has 0 spiro atoms. The van der Waals surface area contributed by atoms with E-state index in [9.17, 15) is 4.57 Å². The van der Waals surface area contributed by atoms with Gasteiger partial charge in [-0.25, -0.2) is 4.98 Å². The van der Waals surface area contributed by atoms with E-state index in [2.05, 4.69) is 15.0 Å². The average molecular weight is 397 g/mol. The van der Waals surface area contributed by atoms with E-state index in [0.29, 0.717) is 36.7 Å². The first-order chi connectivity index (χ1) is 13.0. The number of anilines is 1. The van der Waals surface area contributed by atoms with E-state index in [-0.39, 0.29) is 24.4 Å². The second kappa shape index (κ2) is 8.35. The summed E-state index contributed by atoms with van der Waals surface area (Å²) in [6, 6.07) is -0.0300. The first-order valence-corrected chi connectivity index (χ1v) is 10.4. The highest BCUT2D eigenvalue weighted by molar-refractivity contribution is 7.53. The third kappa shape index (κ3) is 4.30. The first kappa shape index (κ1) is 19.8. The standard InChI is InChI=1S/C16H24N5O5P/c1-4-25-27(22,26-5-2)10-24-12-7-6-11(8-12)21-9-18-13-14(21)19-16(17)20-15(13)23-3/h6-7,9,11-12H,4-5,8,10H2,1-3H3,(H2,17,19,20)/t11-,12+/m1/s1. The minimum atomic E-state index is -3.24. The molecule has 2 aromatic heterocycles. The van der Waals surface area contributed by atoms with Crippen molar-refractivity contribution in [2.45, 2.75) is 32.4 Å². The zero-order chi connectivity index (χ0) is 19.4. The van der Waals surface area contributed by atoms with Crippen LogP contribution in [-0.4, -0.2) is 52.3 Å². The van der Waals surface area contributed by atoms with Gasteiger partial charge in [-0.05, 0) is 13.8 Å².